The van der Waals surface area contributed by atoms with Crippen LogP contribution in [0.5, 0.6) is 0 Å². The van der Waals surface area contributed by atoms with Crippen molar-refractivity contribution >= 4 is 29.0 Å². The number of anilines is 1. The van der Waals surface area contributed by atoms with Gasteiger partial charge in [0, 0.05) is 23.0 Å². The van der Waals surface area contributed by atoms with Gasteiger partial charge in [0.05, 0.1) is 18.2 Å². The molecule has 2 heterocycles. The number of hydrogen-bond acceptors (Lipinski definition) is 4. The van der Waals surface area contributed by atoms with Crippen molar-refractivity contribution in [3.05, 3.63) is 101 Å². The van der Waals surface area contributed by atoms with Crippen molar-refractivity contribution in [1.82, 2.24) is 5.32 Å². The van der Waals surface area contributed by atoms with E-state index in [1.807, 2.05) is 66.7 Å². The lowest BCUT2D eigenvalue weighted by atomic mass is 9.63. The van der Waals surface area contributed by atoms with Crippen LogP contribution in [0.15, 0.2) is 78.9 Å². The van der Waals surface area contributed by atoms with Gasteiger partial charge in [0.1, 0.15) is 11.2 Å². The molecule has 1 saturated carbocycles. The SMILES string of the molecule is O=C(CC1CCC(O)CC1)[C@@H]1N[C@@H](c2ccccc2)[C@@]2(C(=O)Nc3cc(Cl)ccc32)[C@H]1Cc1ccccc1. The van der Waals surface area contributed by atoms with Crippen LogP contribution in [0.3, 0.4) is 0 Å². The number of rotatable bonds is 6. The molecule has 1 aliphatic carbocycles. The van der Waals surface area contributed by atoms with Crippen molar-refractivity contribution in [3.8, 4) is 0 Å². The molecule has 3 N–H and O–H groups in total. The van der Waals surface area contributed by atoms with Crippen molar-refractivity contribution in [3.63, 3.8) is 0 Å². The van der Waals surface area contributed by atoms with Crippen LogP contribution in [0.25, 0.3) is 0 Å². The van der Waals surface area contributed by atoms with Crippen LogP contribution >= 0.6 is 11.6 Å². The number of halogens is 1. The molecule has 3 aliphatic rings. The third-order valence-electron chi connectivity index (χ3n) is 8.92. The molecule has 1 amide bonds. The largest absolute Gasteiger partial charge is 0.393 e. The van der Waals surface area contributed by atoms with Crippen LogP contribution in [-0.2, 0) is 21.4 Å². The van der Waals surface area contributed by atoms with Crippen LogP contribution in [0.1, 0.15) is 54.8 Å². The highest BCUT2D eigenvalue weighted by Gasteiger charge is 2.65. The first kappa shape index (κ1) is 25.3. The van der Waals surface area contributed by atoms with E-state index in [-0.39, 0.29) is 35.7 Å². The summed E-state index contributed by atoms with van der Waals surface area (Å²) in [5.74, 6) is 0.0352. The summed E-state index contributed by atoms with van der Waals surface area (Å²) in [5.41, 5.74) is 2.73. The van der Waals surface area contributed by atoms with Gasteiger partial charge in [-0.1, -0.05) is 78.3 Å². The first-order valence-corrected chi connectivity index (χ1v) is 14.0. The molecular weight excluding hydrogens is 496 g/mol. The molecule has 6 heteroatoms. The van der Waals surface area contributed by atoms with Crippen LogP contribution < -0.4 is 10.6 Å². The van der Waals surface area contributed by atoms with Gasteiger partial charge in [-0.15, -0.1) is 0 Å². The fourth-order valence-corrected chi connectivity index (χ4v) is 7.29. The molecule has 6 rings (SSSR count). The Labute approximate surface area is 228 Å². The highest BCUT2D eigenvalue weighted by molar-refractivity contribution is 6.31. The lowest BCUT2D eigenvalue weighted by molar-refractivity contribution is -0.124. The van der Waals surface area contributed by atoms with Gasteiger partial charge >= 0.3 is 0 Å². The number of nitrogens with one attached hydrogen (secondary N) is 2. The Balaban J connectivity index is 1.47. The predicted molar refractivity (Wildman–Crippen MR) is 149 cm³/mol. The van der Waals surface area contributed by atoms with E-state index in [0.29, 0.717) is 17.9 Å². The summed E-state index contributed by atoms with van der Waals surface area (Å²) in [6, 6.07) is 24.9. The average Bonchev–Trinajstić information content (AvgIpc) is 3.41. The molecule has 0 aromatic heterocycles. The van der Waals surface area contributed by atoms with E-state index in [1.165, 1.54) is 0 Å². The summed E-state index contributed by atoms with van der Waals surface area (Å²) in [5, 5.41) is 17.4. The zero-order chi connectivity index (χ0) is 26.3. The number of aliphatic hydroxyl groups is 1. The number of benzene rings is 3. The zero-order valence-electron chi connectivity index (χ0n) is 21.3. The molecule has 1 spiro atoms. The van der Waals surface area contributed by atoms with Gasteiger partial charge in [0.2, 0.25) is 5.91 Å². The third kappa shape index (κ3) is 4.37. The highest BCUT2D eigenvalue weighted by atomic mass is 35.5. The van der Waals surface area contributed by atoms with E-state index in [1.54, 1.807) is 0 Å². The van der Waals surface area contributed by atoms with Crippen LogP contribution in [0, 0.1) is 11.8 Å². The molecule has 38 heavy (non-hydrogen) atoms. The molecule has 5 nitrogen and oxygen atoms in total. The number of amides is 1. The van der Waals surface area contributed by atoms with Crippen molar-refractivity contribution in [2.75, 3.05) is 5.32 Å². The number of hydrogen-bond donors (Lipinski definition) is 3. The van der Waals surface area contributed by atoms with Crippen LogP contribution in [0.2, 0.25) is 5.02 Å². The number of carbonyl (C=O) groups is 2. The van der Waals surface area contributed by atoms with Gasteiger partial charge in [-0.3, -0.25) is 14.9 Å². The Hall–Kier alpha value is -2.99. The summed E-state index contributed by atoms with van der Waals surface area (Å²) in [6.07, 6.45) is 4.01. The molecule has 196 valence electrons. The maximum Gasteiger partial charge on any atom is 0.237 e. The van der Waals surface area contributed by atoms with Crippen LogP contribution in [-0.4, -0.2) is 28.9 Å². The molecule has 0 radical (unpaired) electrons. The van der Waals surface area contributed by atoms with Gasteiger partial charge < -0.3 is 10.4 Å². The molecule has 3 aromatic rings. The van der Waals surface area contributed by atoms with Crippen LogP contribution in [0.4, 0.5) is 5.69 Å². The van der Waals surface area contributed by atoms with E-state index in [2.05, 4.69) is 22.8 Å². The maximum absolute atomic E-state index is 14.2. The number of Topliss-reactive ketones (excluding diaryl/α,β-unsaturated/α-hetero) is 1. The molecule has 0 bridgehead atoms. The van der Waals surface area contributed by atoms with Gasteiger partial charge in [-0.05, 0) is 66.8 Å². The summed E-state index contributed by atoms with van der Waals surface area (Å²) < 4.78 is 0. The second kappa shape index (κ2) is 10.3. The van der Waals surface area contributed by atoms with E-state index in [4.69, 9.17) is 11.6 Å². The number of fused-ring (bicyclic) bond motifs is 2. The van der Waals surface area contributed by atoms with Crippen molar-refractivity contribution < 1.29 is 14.7 Å². The monoisotopic (exact) mass is 528 g/mol. The first-order valence-electron chi connectivity index (χ1n) is 13.6. The van der Waals surface area contributed by atoms with Crippen molar-refractivity contribution in [1.29, 1.82) is 0 Å². The molecular formula is C32H33ClN2O3. The van der Waals surface area contributed by atoms with Gasteiger partial charge in [0.15, 0.2) is 0 Å². The fourth-order valence-electron chi connectivity index (χ4n) is 7.12. The second-order valence-corrected chi connectivity index (χ2v) is 11.6. The minimum atomic E-state index is -0.972. The van der Waals surface area contributed by atoms with E-state index < -0.39 is 11.5 Å². The first-order chi connectivity index (χ1) is 18.5. The third-order valence-corrected chi connectivity index (χ3v) is 9.16. The molecule has 4 atom stereocenters. The van der Waals surface area contributed by atoms with E-state index in [0.717, 1.165) is 48.1 Å². The Kier molecular flexibility index (Phi) is 6.85. The average molecular weight is 529 g/mol. The second-order valence-electron chi connectivity index (χ2n) is 11.1. The van der Waals surface area contributed by atoms with Crippen molar-refractivity contribution in [2.45, 2.75) is 62.1 Å². The van der Waals surface area contributed by atoms with Gasteiger partial charge in [0.25, 0.3) is 0 Å². The standard InChI is InChI=1S/C32H33ClN2O3/c33-23-13-16-25-27(19-23)34-31(38)32(25)26(17-20-7-3-1-4-8-20)29(35-30(32)22-9-5-2-6-10-22)28(37)18-21-11-14-24(36)15-12-21/h1-10,13,16,19,21,24,26,29-30,35-36H,11-12,14-15,17-18H2,(H,34,38)/t21?,24?,26-,29+,30-,32-/m0/s1. The summed E-state index contributed by atoms with van der Waals surface area (Å²) in [4.78, 5) is 28.3. The number of carbonyl (C=O) groups excluding carboxylic acids is 2. The Morgan fingerprint density at radius 2 is 1.63 bits per heavy atom. The van der Waals surface area contributed by atoms with E-state index >= 15 is 0 Å². The zero-order valence-corrected chi connectivity index (χ0v) is 22.0. The Morgan fingerprint density at radius 3 is 2.34 bits per heavy atom. The summed E-state index contributed by atoms with van der Waals surface area (Å²) in [7, 11) is 0. The predicted octanol–water partition coefficient (Wildman–Crippen LogP) is 5.61. The number of aliphatic hydroxyl groups excluding tert-OH is 1. The lowest BCUT2D eigenvalue weighted by Crippen LogP contribution is -2.46. The van der Waals surface area contributed by atoms with Gasteiger partial charge in [-0.25, -0.2) is 0 Å². The van der Waals surface area contributed by atoms with E-state index in [9.17, 15) is 14.7 Å². The Bertz CT molecular complexity index is 1320. The minimum Gasteiger partial charge on any atom is -0.393 e. The van der Waals surface area contributed by atoms with Gasteiger partial charge in [-0.2, -0.15) is 0 Å². The minimum absolute atomic E-state index is 0.0897. The fraction of sp³-hybridized carbons (Fsp3) is 0.375. The summed E-state index contributed by atoms with van der Waals surface area (Å²) in [6.45, 7) is 0. The number of ketones is 1. The smallest absolute Gasteiger partial charge is 0.237 e. The molecule has 0 unspecified atom stereocenters. The topological polar surface area (TPSA) is 78.4 Å². The molecule has 1 saturated heterocycles. The van der Waals surface area contributed by atoms with Crippen molar-refractivity contribution in [2.24, 2.45) is 11.8 Å². The quantitative estimate of drug-likeness (QED) is 0.388. The normalized spacial score (nSPS) is 30.3. The molecule has 2 fully saturated rings. The highest BCUT2D eigenvalue weighted by Crippen LogP contribution is 2.57. The lowest BCUT2D eigenvalue weighted by Gasteiger charge is -2.35. The summed E-state index contributed by atoms with van der Waals surface area (Å²) >= 11 is 6.34. The maximum atomic E-state index is 14.2. The Morgan fingerprint density at radius 1 is 0.947 bits per heavy atom. The molecule has 2 aliphatic heterocycles. The molecule has 3 aromatic carbocycles.